The lowest BCUT2D eigenvalue weighted by Crippen LogP contribution is -2.65. The first-order chi connectivity index (χ1) is 21.4. The number of primary amides is 1. The molecule has 4 aromatic rings. The van der Waals surface area contributed by atoms with Crippen molar-refractivity contribution in [2.75, 3.05) is 12.4 Å². The van der Waals surface area contributed by atoms with Gasteiger partial charge in [0.05, 0.1) is 16.6 Å². The zero-order chi connectivity index (χ0) is 32.5. The van der Waals surface area contributed by atoms with Crippen LogP contribution in [0.4, 0.5) is 16.2 Å². The van der Waals surface area contributed by atoms with Crippen molar-refractivity contribution >= 4 is 34.2 Å². The number of carbonyl (C=O) groups is 2. The molecule has 0 saturated carbocycles. The number of amides is 1. The van der Waals surface area contributed by atoms with Crippen LogP contribution in [0.3, 0.4) is 0 Å². The number of aromatic hydroxyl groups is 1. The maximum absolute atomic E-state index is 13.2. The number of nitrogens with one attached hydrogen (secondary N) is 1. The fraction of sp³-hybridized carbons (Fsp3) is 0.303. The molecule has 45 heavy (non-hydrogen) atoms. The molecule has 236 valence electrons. The number of aliphatic hydroxyl groups excluding tert-OH is 1. The van der Waals surface area contributed by atoms with Crippen molar-refractivity contribution in [3.8, 4) is 11.5 Å². The Bertz CT molecular complexity index is 1790. The summed E-state index contributed by atoms with van der Waals surface area (Å²) in [6, 6.07) is 19.2. The summed E-state index contributed by atoms with van der Waals surface area (Å²) in [6.07, 6.45) is -6.41. The predicted octanol–water partition coefficient (Wildman–Crippen LogP) is 4.33. The van der Waals surface area contributed by atoms with Crippen LogP contribution < -0.4 is 21.4 Å². The Hall–Kier alpha value is -4.91. The smallest absolute Gasteiger partial charge is 0.404 e. The summed E-state index contributed by atoms with van der Waals surface area (Å²) in [5, 5.41) is 25.5. The Labute approximate surface area is 258 Å². The average molecular weight is 619 g/mol. The van der Waals surface area contributed by atoms with Gasteiger partial charge in [-0.05, 0) is 57.2 Å². The number of ketones is 1. The zero-order valence-corrected chi connectivity index (χ0v) is 25.1. The van der Waals surface area contributed by atoms with E-state index < -0.39 is 59.9 Å². The van der Waals surface area contributed by atoms with Gasteiger partial charge in [0.25, 0.3) is 0 Å². The molecule has 0 aliphatic carbocycles. The maximum Gasteiger partial charge on any atom is 0.404 e. The standard InChI is InChI=1S/C33H34N2O10/c1-17-24(42-31-26(38)28(44-32(34)40)29(41-4)33(2,3)45-31)14-13-21-25(37)22(30(39)43-27(17)21)16-23(36)18-9-8-12-20(15-18)35-19-10-6-5-7-11-19/h5-15,26,28-29,31,35,37-38H,16H2,1-4H3,(H2,34,40)/t26-,28+,29-,31-/m1/s1. The average Bonchev–Trinajstić information content (AvgIpc) is 2.99. The van der Waals surface area contributed by atoms with Crippen molar-refractivity contribution in [2.24, 2.45) is 5.73 Å². The third kappa shape index (κ3) is 6.48. The topological polar surface area (TPSA) is 180 Å². The molecule has 1 fully saturated rings. The molecule has 1 aliphatic heterocycles. The van der Waals surface area contributed by atoms with Gasteiger partial charge in [-0.1, -0.05) is 30.3 Å². The summed E-state index contributed by atoms with van der Waals surface area (Å²) in [5.41, 5.74) is 5.27. The molecular formula is C33H34N2O10. The van der Waals surface area contributed by atoms with E-state index in [1.165, 1.54) is 19.2 Å². The van der Waals surface area contributed by atoms with Gasteiger partial charge in [0.1, 0.15) is 23.2 Å². The number of ether oxygens (including phenoxy) is 4. The summed E-state index contributed by atoms with van der Waals surface area (Å²) in [7, 11) is 1.38. The van der Waals surface area contributed by atoms with E-state index in [2.05, 4.69) is 5.32 Å². The fourth-order valence-electron chi connectivity index (χ4n) is 5.48. The first-order valence-electron chi connectivity index (χ1n) is 14.1. The summed E-state index contributed by atoms with van der Waals surface area (Å²) >= 11 is 0. The van der Waals surface area contributed by atoms with Crippen LogP contribution in [0, 0.1) is 6.92 Å². The monoisotopic (exact) mass is 618 g/mol. The number of para-hydroxylation sites is 1. The minimum Gasteiger partial charge on any atom is -0.507 e. The molecule has 2 heterocycles. The number of hydrogen-bond donors (Lipinski definition) is 4. The second-order valence-electron chi connectivity index (χ2n) is 11.2. The normalized spacial score (nSPS) is 20.8. The molecule has 12 nitrogen and oxygen atoms in total. The van der Waals surface area contributed by atoms with Gasteiger partial charge in [-0.25, -0.2) is 9.59 Å². The fourth-order valence-corrected chi connectivity index (χ4v) is 5.48. The van der Waals surface area contributed by atoms with E-state index in [0.717, 1.165) is 5.69 Å². The van der Waals surface area contributed by atoms with Gasteiger partial charge < -0.3 is 44.6 Å². The quantitative estimate of drug-likeness (QED) is 0.155. The number of benzene rings is 3. The molecule has 5 N–H and O–H groups in total. The van der Waals surface area contributed by atoms with Crippen LogP contribution in [0.15, 0.2) is 75.9 Å². The molecule has 0 bridgehead atoms. The molecule has 1 saturated heterocycles. The third-order valence-electron chi connectivity index (χ3n) is 7.69. The third-order valence-corrected chi connectivity index (χ3v) is 7.69. The molecular weight excluding hydrogens is 584 g/mol. The number of rotatable bonds is 9. The van der Waals surface area contributed by atoms with Crippen LogP contribution >= 0.6 is 0 Å². The Morgan fingerprint density at radius 2 is 1.76 bits per heavy atom. The molecule has 0 spiro atoms. The van der Waals surface area contributed by atoms with Crippen LogP contribution in [-0.2, 0) is 20.6 Å². The Morgan fingerprint density at radius 3 is 2.44 bits per heavy atom. The van der Waals surface area contributed by atoms with Crippen molar-refractivity contribution in [3.63, 3.8) is 0 Å². The summed E-state index contributed by atoms with van der Waals surface area (Å²) in [6.45, 7) is 4.93. The number of hydrogen-bond acceptors (Lipinski definition) is 11. The van der Waals surface area contributed by atoms with E-state index in [9.17, 15) is 24.6 Å². The van der Waals surface area contributed by atoms with Crippen molar-refractivity contribution in [3.05, 3.63) is 93.8 Å². The lowest BCUT2D eigenvalue weighted by Gasteiger charge is -2.47. The van der Waals surface area contributed by atoms with E-state index in [1.54, 1.807) is 39.0 Å². The number of aryl methyl sites for hydroxylation is 1. The van der Waals surface area contributed by atoms with Crippen LogP contribution in [0.5, 0.6) is 11.5 Å². The molecule has 1 aromatic heterocycles. The number of fused-ring (bicyclic) bond motifs is 1. The predicted molar refractivity (Wildman–Crippen MR) is 164 cm³/mol. The van der Waals surface area contributed by atoms with E-state index in [0.29, 0.717) is 16.8 Å². The van der Waals surface area contributed by atoms with Gasteiger partial charge >= 0.3 is 11.7 Å². The second kappa shape index (κ2) is 12.6. The molecule has 12 heteroatoms. The Morgan fingerprint density at radius 1 is 1.04 bits per heavy atom. The number of anilines is 2. The number of Topliss-reactive ketones (excluding diaryl/α,β-unsaturated/α-hetero) is 1. The molecule has 1 aliphatic rings. The SMILES string of the molecule is CO[C@@H]1[C@@H](OC(N)=O)[C@@H](O)[C@H](Oc2ccc3c(O)c(CC(=O)c4cccc(Nc5ccccc5)c4)c(=O)oc3c2C)OC1(C)C. The van der Waals surface area contributed by atoms with Crippen LogP contribution in [0.2, 0.25) is 0 Å². The van der Waals surface area contributed by atoms with E-state index >= 15 is 0 Å². The number of methoxy groups -OCH3 is 1. The van der Waals surface area contributed by atoms with Crippen LogP contribution in [-0.4, -0.2) is 59.4 Å². The van der Waals surface area contributed by atoms with Crippen molar-refractivity contribution in [1.82, 2.24) is 0 Å². The first kappa shape index (κ1) is 31.5. The molecule has 3 aromatic carbocycles. The maximum atomic E-state index is 13.2. The largest absolute Gasteiger partial charge is 0.507 e. The lowest BCUT2D eigenvalue weighted by molar-refractivity contribution is -0.304. The van der Waals surface area contributed by atoms with Gasteiger partial charge in [-0.3, -0.25) is 4.79 Å². The van der Waals surface area contributed by atoms with Gasteiger partial charge in [0.15, 0.2) is 18.0 Å². The summed E-state index contributed by atoms with van der Waals surface area (Å²) < 4.78 is 28.1. The lowest BCUT2D eigenvalue weighted by atomic mass is 9.89. The zero-order valence-electron chi connectivity index (χ0n) is 25.1. The second-order valence-corrected chi connectivity index (χ2v) is 11.2. The van der Waals surface area contributed by atoms with Crippen molar-refractivity contribution in [2.45, 2.75) is 57.4 Å². The van der Waals surface area contributed by atoms with Gasteiger partial charge in [0.2, 0.25) is 6.29 Å². The number of aliphatic hydroxyl groups is 1. The first-order valence-corrected chi connectivity index (χ1v) is 14.1. The molecule has 0 radical (unpaired) electrons. The molecule has 5 rings (SSSR count). The highest BCUT2D eigenvalue weighted by Crippen LogP contribution is 2.38. The minimum atomic E-state index is -1.50. The van der Waals surface area contributed by atoms with E-state index in [1.807, 2.05) is 36.4 Å². The highest BCUT2D eigenvalue weighted by atomic mass is 16.7. The highest BCUT2D eigenvalue weighted by Gasteiger charge is 2.53. The highest BCUT2D eigenvalue weighted by molar-refractivity contribution is 5.99. The van der Waals surface area contributed by atoms with Crippen molar-refractivity contribution < 1.29 is 43.2 Å². The van der Waals surface area contributed by atoms with Crippen molar-refractivity contribution in [1.29, 1.82) is 0 Å². The Kier molecular flexibility index (Phi) is 8.82. The summed E-state index contributed by atoms with van der Waals surface area (Å²) in [5.74, 6) is -0.626. The number of nitrogens with two attached hydrogens (primary N) is 1. The number of carbonyl (C=O) groups excluding carboxylic acids is 2. The molecule has 0 unspecified atom stereocenters. The summed E-state index contributed by atoms with van der Waals surface area (Å²) in [4.78, 5) is 37.8. The Balaban J connectivity index is 1.39. The van der Waals surface area contributed by atoms with Crippen LogP contribution in [0.25, 0.3) is 11.0 Å². The molecule has 4 atom stereocenters. The van der Waals surface area contributed by atoms with E-state index in [4.69, 9.17) is 29.1 Å². The van der Waals surface area contributed by atoms with E-state index in [-0.39, 0.29) is 22.3 Å². The van der Waals surface area contributed by atoms with Gasteiger partial charge in [-0.15, -0.1) is 0 Å². The van der Waals surface area contributed by atoms with Gasteiger partial charge in [0, 0.05) is 36.0 Å². The minimum absolute atomic E-state index is 0.0181. The molecule has 1 amide bonds. The van der Waals surface area contributed by atoms with Gasteiger partial charge in [-0.2, -0.15) is 0 Å². The van der Waals surface area contributed by atoms with Crippen LogP contribution in [0.1, 0.15) is 35.3 Å².